The van der Waals surface area contributed by atoms with Crippen molar-refractivity contribution >= 4 is 0 Å². The summed E-state index contributed by atoms with van der Waals surface area (Å²) in [6.45, 7) is 13.0. The Labute approximate surface area is 170 Å². The van der Waals surface area contributed by atoms with Gasteiger partial charge in [-0.2, -0.15) is 0 Å². The largest absolute Gasteiger partial charge is 0.390 e. The molecule has 158 valence electrons. The lowest BCUT2D eigenvalue weighted by Gasteiger charge is -2.73. The molecule has 0 aromatic carbocycles. The van der Waals surface area contributed by atoms with Crippen LogP contribution in [0.25, 0.3) is 0 Å². The molecule has 7 fully saturated rings. The normalized spacial score (nSPS) is 51.3. The maximum atomic E-state index is 11.4. The minimum absolute atomic E-state index is 0.0903. The smallest absolute Gasteiger partial charge is 0.164 e. The van der Waals surface area contributed by atoms with Gasteiger partial charge < -0.3 is 14.9 Å². The quantitative estimate of drug-likeness (QED) is 0.531. The topological polar surface area (TPSA) is 49.7 Å². The number of aliphatic hydroxyl groups excluding tert-OH is 1. The van der Waals surface area contributed by atoms with Crippen molar-refractivity contribution in [3.63, 3.8) is 0 Å². The van der Waals surface area contributed by atoms with Gasteiger partial charge in [-0.25, -0.2) is 0 Å². The van der Waals surface area contributed by atoms with Crippen LogP contribution in [0.3, 0.4) is 0 Å². The Morgan fingerprint density at radius 3 is 1.61 bits per heavy atom. The van der Waals surface area contributed by atoms with Crippen LogP contribution in [0.2, 0.25) is 0 Å². The van der Waals surface area contributed by atoms with Crippen molar-refractivity contribution in [3.8, 4) is 0 Å². The van der Waals surface area contributed by atoms with Gasteiger partial charge in [0.25, 0.3) is 0 Å². The molecule has 7 rings (SSSR count). The second-order valence-corrected chi connectivity index (χ2v) is 12.8. The second-order valence-electron chi connectivity index (χ2n) is 12.8. The van der Waals surface area contributed by atoms with Crippen LogP contribution in [0.4, 0.5) is 0 Å². The molecule has 3 heteroatoms. The molecule has 0 saturated heterocycles. The molecular formula is C25H40O3. The predicted octanol–water partition coefficient (Wildman–Crippen LogP) is 4.92. The second kappa shape index (κ2) is 5.65. The molecule has 28 heavy (non-hydrogen) atoms. The summed E-state index contributed by atoms with van der Waals surface area (Å²) in [4.78, 5) is 0. The van der Waals surface area contributed by atoms with Crippen molar-refractivity contribution in [1.29, 1.82) is 0 Å². The van der Waals surface area contributed by atoms with Gasteiger partial charge in [-0.1, -0.05) is 39.3 Å². The molecule has 0 spiro atoms. The summed E-state index contributed by atoms with van der Waals surface area (Å²) >= 11 is 0. The van der Waals surface area contributed by atoms with E-state index in [1.165, 1.54) is 5.57 Å². The third kappa shape index (κ3) is 2.51. The maximum Gasteiger partial charge on any atom is 0.164 e. The summed E-state index contributed by atoms with van der Waals surface area (Å²) in [7, 11) is 0. The van der Waals surface area contributed by atoms with Gasteiger partial charge in [-0.3, -0.25) is 0 Å². The van der Waals surface area contributed by atoms with Crippen molar-refractivity contribution in [3.05, 3.63) is 11.6 Å². The molecule has 0 radical (unpaired) electrons. The third-order valence-corrected chi connectivity index (χ3v) is 10.0. The molecule has 2 atom stereocenters. The van der Waals surface area contributed by atoms with Crippen LogP contribution >= 0.6 is 0 Å². The van der Waals surface area contributed by atoms with Crippen molar-refractivity contribution in [2.45, 2.75) is 97.6 Å². The first-order chi connectivity index (χ1) is 12.9. The fourth-order valence-corrected chi connectivity index (χ4v) is 8.59. The van der Waals surface area contributed by atoms with Gasteiger partial charge in [0.05, 0.1) is 11.2 Å². The van der Waals surface area contributed by atoms with Gasteiger partial charge in [0.15, 0.2) is 6.29 Å². The number of allylic oxidation sites excluding steroid dienone is 1. The first-order valence-corrected chi connectivity index (χ1v) is 11.6. The Hall–Kier alpha value is -0.380. The summed E-state index contributed by atoms with van der Waals surface area (Å²) in [5.74, 6) is 4.27. The lowest BCUT2D eigenvalue weighted by atomic mass is 9.34. The highest BCUT2D eigenvalue weighted by Gasteiger charge is 2.71. The third-order valence-electron chi connectivity index (χ3n) is 10.0. The average molecular weight is 389 g/mol. The summed E-state index contributed by atoms with van der Waals surface area (Å²) < 4.78 is 6.75. The van der Waals surface area contributed by atoms with E-state index in [0.29, 0.717) is 35.5 Å². The minimum Gasteiger partial charge on any atom is -0.390 e. The Morgan fingerprint density at radius 1 is 0.857 bits per heavy atom. The maximum absolute atomic E-state index is 11.4. The molecule has 8 bridgehead atoms. The Kier molecular flexibility index (Phi) is 3.95. The Balaban J connectivity index is 1.43. The van der Waals surface area contributed by atoms with E-state index in [1.807, 2.05) is 0 Å². The zero-order chi connectivity index (χ0) is 20.3. The van der Waals surface area contributed by atoms with Crippen molar-refractivity contribution < 1.29 is 14.9 Å². The lowest BCUT2D eigenvalue weighted by molar-refractivity contribution is -0.335. The molecule has 7 aliphatic rings. The monoisotopic (exact) mass is 388 g/mol. The number of ether oxygens (including phenoxy) is 1. The van der Waals surface area contributed by atoms with E-state index in [1.54, 1.807) is 0 Å². The first-order valence-electron chi connectivity index (χ1n) is 11.6. The van der Waals surface area contributed by atoms with Gasteiger partial charge in [-0.15, -0.1) is 0 Å². The van der Waals surface area contributed by atoms with Crippen molar-refractivity contribution in [2.75, 3.05) is 0 Å². The minimum atomic E-state index is -0.781. The van der Waals surface area contributed by atoms with Gasteiger partial charge in [0.1, 0.15) is 0 Å². The highest BCUT2D eigenvalue weighted by atomic mass is 16.6. The van der Waals surface area contributed by atoms with Gasteiger partial charge >= 0.3 is 0 Å². The van der Waals surface area contributed by atoms with Crippen LogP contribution in [0.5, 0.6) is 0 Å². The van der Waals surface area contributed by atoms with Crippen molar-refractivity contribution in [2.24, 2.45) is 46.3 Å². The molecule has 0 aliphatic heterocycles. The van der Waals surface area contributed by atoms with Gasteiger partial charge in [0.2, 0.25) is 0 Å². The highest BCUT2D eigenvalue weighted by molar-refractivity contribution is 5.21. The average Bonchev–Trinajstić information content (AvgIpc) is 2.56. The van der Waals surface area contributed by atoms with Gasteiger partial charge in [-0.05, 0) is 93.3 Å². The SMILES string of the molecule is CC(C)=CC(C)(C(O)OC12CC3C4CC5(O)CC3C(C1)C(C5)C4C2)C(C)(C)C. The van der Waals surface area contributed by atoms with E-state index >= 15 is 0 Å². The lowest BCUT2D eigenvalue weighted by Crippen LogP contribution is -2.72. The van der Waals surface area contributed by atoms with Crippen LogP contribution < -0.4 is 0 Å². The number of aliphatic hydroxyl groups is 2. The van der Waals surface area contributed by atoms with Crippen LogP contribution in [0.1, 0.15) is 80.1 Å². The Morgan fingerprint density at radius 2 is 1.25 bits per heavy atom. The predicted molar refractivity (Wildman–Crippen MR) is 110 cm³/mol. The van der Waals surface area contributed by atoms with Crippen LogP contribution in [0.15, 0.2) is 11.6 Å². The fourth-order valence-electron chi connectivity index (χ4n) is 8.59. The Bertz CT molecular complexity index is 634. The van der Waals surface area contributed by atoms with Crippen molar-refractivity contribution in [1.82, 2.24) is 0 Å². The summed E-state index contributed by atoms with van der Waals surface area (Å²) in [5.41, 5.74) is 0.232. The van der Waals surface area contributed by atoms with Crippen LogP contribution in [-0.2, 0) is 4.74 Å². The zero-order valence-electron chi connectivity index (χ0n) is 18.7. The molecule has 2 N–H and O–H groups in total. The van der Waals surface area contributed by atoms with Gasteiger partial charge in [0, 0.05) is 5.41 Å². The highest BCUT2D eigenvalue weighted by Crippen LogP contribution is 2.73. The molecule has 0 aromatic rings. The van der Waals surface area contributed by atoms with E-state index in [2.05, 4.69) is 47.6 Å². The fraction of sp³-hybridized carbons (Fsp3) is 0.920. The molecule has 0 aromatic heterocycles. The summed E-state index contributed by atoms with van der Waals surface area (Å²) in [5, 5.41) is 22.4. The summed E-state index contributed by atoms with van der Waals surface area (Å²) in [6, 6.07) is 0. The van der Waals surface area contributed by atoms with E-state index in [0.717, 1.165) is 38.5 Å². The van der Waals surface area contributed by atoms with Crippen LogP contribution in [0, 0.1) is 46.3 Å². The molecule has 7 aliphatic carbocycles. The molecular weight excluding hydrogens is 348 g/mol. The molecule has 0 heterocycles. The molecule has 2 unspecified atom stereocenters. The van der Waals surface area contributed by atoms with E-state index in [-0.39, 0.29) is 16.6 Å². The number of rotatable bonds is 4. The zero-order valence-corrected chi connectivity index (χ0v) is 18.7. The molecule has 3 nitrogen and oxygen atoms in total. The summed E-state index contributed by atoms with van der Waals surface area (Å²) in [6.07, 6.45) is 7.82. The van der Waals surface area contributed by atoms with E-state index in [4.69, 9.17) is 4.74 Å². The number of hydrogen-bond acceptors (Lipinski definition) is 3. The molecule has 7 saturated carbocycles. The standard InChI is InChI=1S/C25H40O3/c1-14(2)7-23(6,22(3,4)5)21(26)28-25-11-18-15-8-24(27)9-16(18)20(13-25)17(10-24)19(15)12-25/h7,15-21,26-27H,8-13H2,1-6H3. The van der Waals surface area contributed by atoms with E-state index in [9.17, 15) is 10.2 Å². The number of hydrogen-bond donors (Lipinski definition) is 2. The van der Waals surface area contributed by atoms with E-state index < -0.39 is 11.7 Å². The molecule has 0 amide bonds. The van der Waals surface area contributed by atoms with Crippen LogP contribution in [-0.4, -0.2) is 27.7 Å². The first kappa shape index (κ1) is 19.6.